The van der Waals surface area contributed by atoms with E-state index >= 15 is 0 Å². The van der Waals surface area contributed by atoms with Gasteiger partial charge in [0.2, 0.25) is 0 Å². The summed E-state index contributed by atoms with van der Waals surface area (Å²) in [5.41, 5.74) is 6.84. The van der Waals surface area contributed by atoms with Crippen LogP contribution in [0.5, 0.6) is 5.75 Å². The second-order valence-electron chi connectivity index (χ2n) is 3.76. The molecule has 0 atom stereocenters. The van der Waals surface area contributed by atoms with Crippen molar-refractivity contribution in [3.05, 3.63) is 29.3 Å². The number of ketones is 1. The van der Waals surface area contributed by atoms with Crippen molar-refractivity contribution in [1.29, 1.82) is 0 Å². The van der Waals surface area contributed by atoms with Gasteiger partial charge < -0.3 is 10.5 Å². The molecule has 0 aliphatic rings. The average Bonchev–Trinajstić information content (AvgIpc) is 2.28. The third-order valence-electron chi connectivity index (χ3n) is 2.28. The number of benzene rings is 1. The number of carbonyl (C=O) groups is 2. The standard InChI is InChI=1S/C12H15NO3/c1-8(2)12(15)11-5-10(16-7-14)4-3-9(11)6-13/h3-5,7-8H,6,13H2,1-2H3. The van der Waals surface area contributed by atoms with Crippen LogP contribution in [-0.4, -0.2) is 12.3 Å². The molecule has 86 valence electrons. The Kier molecular flexibility index (Phi) is 4.19. The zero-order valence-corrected chi connectivity index (χ0v) is 9.40. The molecule has 0 saturated heterocycles. The monoisotopic (exact) mass is 221 g/mol. The molecule has 0 radical (unpaired) electrons. The van der Waals surface area contributed by atoms with E-state index in [4.69, 9.17) is 10.5 Å². The lowest BCUT2D eigenvalue weighted by Crippen LogP contribution is -2.12. The molecule has 0 amide bonds. The SMILES string of the molecule is CC(C)C(=O)c1cc(OC=O)ccc1CN. The molecule has 2 N–H and O–H groups in total. The van der Waals surface area contributed by atoms with Crippen molar-refractivity contribution >= 4 is 12.3 Å². The molecule has 0 fully saturated rings. The number of Topliss-reactive ketones (excluding diaryl/α,β-unsaturated/α-hetero) is 1. The lowest BCUT2D eigenvalue weighted by atomic mass is 9.96. The largest absolute Gasteiger partial charge is 0.429 e. The fourth-order valence-corrected chi connectivity index (χ4v) is 1.40. The van der Waals surface area contributed by atoms with Gasteiger partial charge in [0.25, 0.3) is 6.47 Å². The molecule has 0 aliphatic heterocycles. The summed E-state index contributed by atoms with van der Waals surface area (Å²) in [6, 6.07) is 4.88. The first kappa shape index (κ1) is 12.4. The number of carbonyl (C=O) groups excluding carboxylic acids is 2. The van der Waals surface area contributed by atoms with E-state index in [1.165, 1.54) is 0 Å². The zero-order valence-electron chi connectivity index (χ0n) is 9.40. The molecule has 0 heterocycles. The van der Waals surface area contributed by atoms with Crippen molar-refractivity contribution in [3.8, 4) is 5.75 Å². The van der Waals surface area contributed by atoms with Crippen molar-refractivity contribution in [2.24, 2.45) is 11.7 Å². The third kappa shape index (κ3) is 2.67. The highest BCUT2D eigenvalue weighted by molar-refractivity contribution is 5.99. The molecule has 1 aromatic carbocycles. The number of nitrogens with two attached hydrogens (primary N) is 1. The Balaban J connectivity index is 3.16. The van der Waals surface area contributed by atoms with Crippen LogP contribution in [0.4, 0.5) is 0 Å². The molecular weight excluding hydrogens is 206 g/mol. The minimum atomic E-state index is -0.114. The molecule has 1 rings (SSSR count). The van der Waals surface area contributed by atoms with Crippen molar-refractivity contribution < 1.29 is 14.3 Å². The summed E-state index contributed by atoms with van der Waals surface area (Å²) in [5, 5.41) is 0. The quantitative estimate of drug-likeness (QED) is 0.604. The Morgan fingerprint density at radius 2 is 2.19 bits per heavy atom. The summed E-state index contributed by atoms with van der Waals surface area (Å²) >= 11 is 0. The molecule has 0 bridgehead atoms. The van der Waals surface area contributed by atoms with Crippen LogP contribution in [0, 0.1) is 5.92 Å². The number of hydrogen-bond acceptors (Lipinski definition) is 4. The third-order valence-corrected chi connectivity index (χ3v) is 2.28. The minimum Gasteiger partial charge on any atom is -0.429 e. The van der Waals surface area contributed by atoms with Crippen LogP contribution in [0.25, 0.3) is 0 Å². The van der Waals surface area contributed by atoms with Crippen molar-refractivity contribution in [1.82, 2.24) is 0 Å². The Bertz CT molecular complexity index is 399. The van der Waals surface area contributed by atoms with Crippen molar-refractivity contribution in [2.75, 3.05) is 0 Å². The van der Waals surface area contributed by atoms with Gasteiger partial charge in [0.1, 0.15) is 5.75 Å². The van der Waals surface area contributed by atoms with E-state index in [1.54, 1.807) is 18.2 Å². The summed E-state index contributed by atoms with van der Waals surface area (Å²) in [4.78, 5) is 22.1. The van der Waals surface area contributed by atoms with Crippen LogP contribution in [0.15, 0.2) is 18.2 Å². The van der Waals surface area contributed by atoms with Gasteiger partial charge in [-0.3, -0.25) is 9.59 Å². The predicted molar refractivity (Wildman–Crippen MR) is 60.2 cm³/mol. The molecule has 0 unspecified atom stereocenters. The molecular formula is C12H15NO3. The Hall–Kier alpha value is -1.68. The number of hydrogen-bond donors (Lipinski definition) is 1. The van der Waals surface area contributed by atoms with Gasteiger partial charge in [-0.15, -0.1) is 0 Å². The molecule has 16 heavy (non-hydrogen) atoms. The second kappa shape index (κ2) is 5.42. The van der Waals surface area contributed by atoms with Crippen LogP contribution in [0.2, 0.25) is 0 Å². The summed E-state index contributed by atoms with van der Waals surface area (Å²) in [5.74, 6) is 0.241. The molecule has 0 spiro atoms. The van der Waals surface area contributed by atoms with E-state index < -0.39 is 0 Å². The van der Waals surface area contributed by atoms with Crippen LogP contribution < -0.4 is 10.5 Å². The smallest absolute Gasteiger partial charge is 0.298 e. The highest BCUT2D eigenvalue weighted by Gasteiger charge is 2.15. The van der Waals surface area contributed by atoms with Gasteiger partial charge >= 0.3 is 0 Å². The lowest BCUT2D eigenvalue weighted by Gasteiger charge is -2.10. The zero-order chi connectivity index (χ0) is 12.1. The topological polar surface area (TPSA) is 69.4 Å². The van der Waals surface area contributed by atoms with Gasteiger partial charge in [-0.05, 0) is 17.7 Å². The molecule has 0 aliphatic carbocycles. The van der Waals surface area contributed by atoms with Gasteiger partial charge in [0.05, 0.1) is 0 Å². The van der Waals surface area contributed by atoms with Crippen LogP contribution in [-0.2, 0) is 11.3 Å². The summed E-state index contributed by atoms with van der Waals surface area (Å²) in [6.45, 7) is 4.25. The first-order valence-corrected chi connectivity index (χ1v) is 5.07. The normalized spacial score (nSPS) is 10.2. The maximum Gasteiger partial charge on any atom is 0.298 e. The molecule has 0 saturated carbocycles. The van der Waals surface area contributed by atoms with Crippen LogP contribution >= 0.6 is 0 Å². The van der Waals surface area contributed by atoms with Gasteiger partial charge in [0, 0.05) is 18.0 Å². The maximum absolute atomic E-state index is 11.9. The lowest BCUT2D eigenvalue weighted by molar-refractivity contribution is -0.120. The fourth-order valence-electron chi connectivity index (χ4n) is 1.40. The first-order chi connectivity index (χ1) is 7.60. The van der Waals surface area contributed by atoms with E-state index in [9.17, 15) is 9.59 Å². The van der Waals surface area contributed by atoms with E-state index in [0.29, 0.717) is 17.8 Å². The van der Waals surface area contributed by atoms with E-state index in [-0.39, 0.29) is 18.2 Å². The molecule has 4 nitrogen and oxygen atoms in total. The highest BCUT2D eigenvalue weighted by atomic mass is 16.5. The summed E-state index contributed by atoms with van der Waals surface area (Å²) in [6.07, 6.45) is 0. The van der Waals surface area contributed by atoms with Crippen molar-refractivity contribution in [3.63, 3.8) is 0 Å². The number of rotatable bonds is 5. The van der Waals surface area contributed by atoms with E-state index in [1.807, 2.05) is 13.8 Å². The van der Waals surface area contributed by atoms with E-state index in [0.717, 1.165) is 5.56 Å². The van der Waals surface area contributed by atoms with Crippen LogP contribution in [0.1, 0.15) is 29.8 Å². The highest BCUT2D eigenvalue weighted by Crippen LogP contribution is 2.20. The molecule has 4 heteroatoms. The summed E-state index contributed by atoms with van der Waals surface area (Å²) in [7, 11) is 0. The van der Waals surface area contributed by atoms with E-state index in [2.05, 4.69) is 0 Å². The fraction of sp³-hybridized carbons (Fsp3) is 0.333. The van der Waals surface area contributed by atoms with Gasteiger partial charge in [-0.1, -0.05) is 19.9 Å². The Morgan fingerprint density at radius 1 is 1.50 bits per heavy atom. The summed E-state index contributed by atoms with van der Waals surface area (Å²) < 4.78 is 4.70. The van der Waals surface area contributed by atoms with Gasteiger partial charge in [-0.25, -0.2) is 0 Å². The first-order valence-electron chi connectivity index (χ1n) is 5.07. The Labute approximate surface area is 94.4 Å². The van der Waals surface area contributed by atoms with Gasteiger partial charge in [0.15, 0.2) is 5.78 Å². The van der Waals surface area contributed by atoms with Crippen LogP contribution in [0.3, 0.4) is 0 Å². The number of ether oxygens (including phenoxy) is 1. The molecule has 1 aromatic rings. The van der Waals surface area contributed by atoms with Gasteiger partial charge in [-0.2, -0.15) is 0 Å². The maximum atomic E-state index is 11.9. The average molecular weight is 221 g/mol. The predicted octanol–water partition coefficient (Wildman–Crippen LogP) is 1.52. The second-order valence-corrected chi connectivity index (χ2v) is 3.76. The van der Waals surface area contributed by atoms with Crippen molar-refractivity contribution in [2.45, 2.75) is 20.4 Å². The molecule has 0 aromatic heterocycles. The minimum absolute atomic E-state index is 0.00296. The Morgan fingerprint density at radius 3 is 2.69 bits per heavy atom.